The zero-order valence-electron chi connectivity index (χ0n) is 14.4. The first-order chi connectivity index (χ1) is 13.0. The Labute approximate surface area is 161 Å². The van der Waals surface area contributed by atoms with Gasteiger partial charge in [0.1, 0.15) is 22.8 Å². The highest BCUT2D eigenvalue weighted by atomic mass is 35.5. The Morgan fingerprint density at radius 1 is 1.30 bits per heavy atom. The Balaban J connectivity index is 1.51. The summed E-state index contributed by atoms with van der Waals surface area (Å²) in [6, 6.07) is 7.93. The molecule has 11 heteroatoms. The van der Waals surface area contributed by atoms with Gasteiger partial charge in [-0.2, -0.15) is 4.52 Å². The zero-order chi connectivity index (χ0) is 19.0. The first kappa shape index (κ1) is 18.0. The predicted octanol–water partition coefficient (Wildman–Crippen LogP) is 1.34. The summed E-state index contributed by atoms with van der Waals surface area (Å²) in [5.41, 5.74) is 0.656. The van der Waals surface area contributed by atoms with Crippen LogP contribution in [0.5, 0.6) is 5.75 Å². The van der Waals surface area contributed by atoms with E-state index >= 15 is 0 Å². The molecule has 1 aliphatic heterocycles. The number of anilines is 1. The van der Waals surface area contributed by atoms with Crippen LogP contribution < -0.4 is 14.4 Å². The topological polar surface area (TPSA) is 102 Å². The van der Waals surface area contributed by atoms with Crippen molar-refractivity contribution in [1.29, 1.82) is 0 Å². The Bertz CT molecular complexity index is 1090. The average molecular weight is 409 g/mol. The number of sulfonamides is 1. The number of nitrogens with zero attached hydrogens (tertiary/aromatic N) is 5. The Hall–Kier alpha value is -2.43. The number of methoxy groups -OCH3 is 1. The maximum atomic E-state index is 12.8. The number of nitrogens with one attached hydrogen (secondary N) is 1. The molecule has 4 rings (SSSR count). The number of halogens is 1. The second kappa shape index (κ2) is 6.95. The largest absolute Gasteiger partial charge is 0.495 e. The quantitative estimate of drug-likeness (QED) is 0.679. The van der Waals surface area contributed by atoms with Crippen molar-refractivity contribution >= 4 is 33.1 Å². The molecule has 2 aromatic heterocycles. The van der Waals surface area contributed by atoms with Crippen molar-refractivity contribution < 1.29 is 13.2 Å². The monoisotopic (exact) mass is 408 g/mol. The van der Waals surface area contributed by atoms with Gasteiger partial charge in [-0.15, -0.1) is 15.3 Å². The first-order valence-corrected chi connectivity index (χ1v) is 10.1. The van der Waals surface area contributed by atoms with Crippen LogP contribution in [-0.4, -0.2) is 54.5 Å². The normalized spacial score (nSPS) is 17.6. The maximum absolute atomic E-state index is 12.8. The van der Waals surface area contributed by atoms with Gasteiger partial charge in [0.2, 0.25) is 10.0 Å². The minimum absolute atomic E-state index is 0.0278. The molecular formula is C16H17ClN6O3S. The van der Waals surface area contributed by atoms with Crippen molar-refractivity contribution in [3.63, 3.8) is 0 Å². The molecule has 1 aromatic carbocycles. The third-order valence-corrected chi connectivity index (χ3v) is 6.17. The van der Waals surface area contributed by atoms with Crippen molar-refractivity contribution in [2.45, 2.75) is 17.4 Å². The molecule has 1 aliphatic rings. The molecule has 0 radical (unpaired) electrons. The van der Waals surface area contributed by atoms with E-state index in [0.29, 0.717) is 30.2 Å². The van der Waals surface area contributed by atoms with Crippen LogP contribution in [0.4, 0.5) is 5.82 Å². The predicted molar refractivity (Wildman–Crippen MR) is 99.7 cm³/mol. The van der Waals surface area contributed by atoms with Gasteiger partial charge in [0.15, 0.2) is 5.65 Å². The summed E-state index contributed by atoms with van der Waals surface area (Å²) in [5.74, 6) is 0.991. The molecule has 3 aromatic rings. The van der Waals surface area contributed by atoms with Crippen molar-refractivity contribution in [3.8, 4) is 5.75 Å². The lowest BCUT2D eigenvalue weighted by molar-refractivity contribution is 0.402. The van der Waals surface area contributed by atoms with E-state index in [1.54, 1.807) is 10.6 Å². The van der Waals surface area contributed by atoms with E-state index in [2.05, 4.69) is 20.0 Å². The summed E-state index contributed by atoms with van der Waals surface area (Å²) in [6.07, 6.45) is 2.19. The second-order valence-electron chi connectivity index (χ2n) is 6.17. The standard InChI is InChI=1S/C16H17ClN6O3S/c1-26-13-3-2-11(17)8-14(13)27(24,25)21-12-6-7-22(9-12)16-5-4-15-19-18-10-23(15)20-16/h2-5,8,10,12,21H,6-7,9H2,1H3. The van der Waals surface area contributed by atoms with Gasteiger partial charge in [0.05, 0.1) is 7.11 Å². The fourth-order valence-electron chi connectivity index (χ4n) is 3.10. The minimum atomic E-state index is -3.77. The summed E-state index contributed by atoms with van der Waals surface area (Å²) in [6.45, 7) is 1.18. The number of rotatable bonds is 5. The molecule has 1 unspecified atom stereocenters. The van der Waals surface area contributed by atoms with Crippen molar-refractivity contribution in [1.82, 2.24) is 24.5 Å². The fraction of sp³-hybridized carbons (Fsp3) is 0.312. The van der Waals surface area contributed by atoms with E-state index in [9.17, 15) is 8.42 Å². The number of aromatic nitrogens is 4. The second-order valence-corrected chi connectivity index (χ2v) is 8.29. The van der Waals surface area contributed by atoms with Crippen LogP contribution in [0.25, 0.3) is 5.65 Å². The van der Waals surface area contributed by atoms with Crippen LogP contribution in [0, 0.1) is 0 Å². The molecular weight excluding hydrogens is 392 g/mol. The Morgan fingerprint density at radius 3 is 2.96 bits per heavy atom. The summed E-state index contributed by atoms with van der Waals surface area (Å²) < 4.78 is 35.1. The molecule has 1 fully saturated rings. The van der Waals surface area contributed by atoms with Crippen LogP contribution in [0.1, 0.15) is 6.42 Å². The number of hydrogen-bond acceptors (Lipinski definition) is 7. The third-order valence-electron chi connectivity index (χ3n) is 4.40. The van der Waals surface area contributed by atoms with E-state index in [0.717, 1.165) is 5.82 Å². The van der Waals surface area contributed by atoms with Gasteiger partial charge >= 0.3 is 0 Å². The minimum Gasteiger partial charge on any atom is -0.495 e. The number of hydrogen-bond donors (Lipinski definition) is 1. The van der Waals surface area contributed by atoms with Crippen LogP contribution in [0.3, 0.4) is 0 Å². The summed E-state index contributed by atoms with van der Waals surface area (Å²) in [7, 11) is -2.35. The molecule has 27 heavy (non-hydrogen) atoms. The smallest absolute Gasteiger partial charge is 0.244 e. The molecule has 9 nitrogen and oxygen atoms in total. The molecule has 1 atom stereocenters. The Morgan fingerprint density at radius 2 is 2.15 bits per heavy atom. The van der Waals surface area contributed by atoms with Crippen LogP contribution >= 0.6 is 11.6 Å². The van der Waals surface area contributed by atoms with Crippen LogP contribution in [0.2, 0.25) is 5.02 Å². The molecule has 0 saturated carbocycles. The molecule has 0 aliphatic carbocycles. The van der Waals surface area contributed by atoms with E-state index in [1.807, 2.05) is 17.0 Å². The average Bonchev–Trinajstić information content (AvgIpc) is 3.29. The van der Waals surface area contributed by atoms with Gasteiger partial charge in [-0.1, -0.05) is 11.6 Å². The SMILES string of the molecule is COc1ccc(Cl)cc1S(=O)(=O)NC1CCN(c2ccc3nncn3n2)C1. The molecule has 0 amide bonds. The van der Waals surface area contributed by atoms with Crippen molar-refractivity contribution in [3.05, 3.63) is 41.7 Å². The number of benzene rings is 1. The van der Waals surface area contributed by atoms with E-state index in [1.165, 1.54) is 25.6 Å². The summed E-state index contributed by atoms with van der Waals surface area (Å²) in [4.78, 5) is 2.04. The van der Waals surface area contributed by atoms with Gasteiger partial charge in [-0.05, 0) is 36.8 Å². The highest BCUT2D eigenvalue weighted by molar-refractivity contribution is 7.89. The van der Waals surface area contributed by atoms with Crippen LogP contribution in [-0.2, 0) is 10.0 Å². The van der Waals surface area contributed by atoms with E-state index in [4.69, 9.17) is 16.3 Å². The lowest BCUT2D eigenvalue weighted by Gasteiger charge is -2.18. The first-order valence-electron chi connectivity index (χ1n) is 8.24. The molecule has 142 valence electrons. The molecule has 1 N–H and O–H groups in total. The lowest BCUT2D eigenvalue weighted by Crippen LogP contribution is -2.37. The van der Waals surface area contributed by atoms with E-state index in [-0.39, 0.29) is 16.7 Å². The van der Waals surface area contributed by atoms with Gasteiger partial charge < -0.3 is 9.64 Å². The molecule has 0 bridgehead atoms. The van der Waals surface area contributed by atoms with E-state index < -0.39 is 10.0 Å². The summed E-state index contributed by atoms with van der Waals surface area (Å²) in [5, 5.41) is 12.5. The zero-order valence-corrected chi connectivity index (χ0v) is 16.0. The number of ether oxygens (including phenoxy) is 1. The van der Waals surface area contributed by atoms with Gasteiger partial charge in [0.25, 0.3) is 0 Å². The van der Waals surface area contributed by atoms with Gasteiger partial charge in [-0.3, -0.25) is 0 Å². The van der Waals surface area contributed by atoms with Gasteiger partial charge in [-0.25, -0.2) is 13.1 Å². The molecule has 0 spiro atoms. The Kier molecular flexibility index (Phi) is 4.62. The highest BCUT2D eigenvalue weighted by Crippen LogP contribution is 2.28. The molecule has 1 saturated heterocycles. The highest BCUT2D eigenvalue weighted by Gasteiger charge is 2.30. The number of fused-ring (bicyclic) bond motifs is 1. The lowest BCUT2D eigenvalue weighted by atomic mass is 10.3. The van der Waals surface area contributed by atoms with Crippen molar-refractivity contribution in [2.75, 3.05) is 25.1 Å². The third kappa shape index (κ3) is 3.55. The van der Waals surface area contributed by atoms with Crippen molar-refractivity contribution in [2.24, 2.45) is 0 Å². The maximum Gasteiger partial charge on any atom is 0.244 e. The summed E-state index contributed by atoms with van der Waals surface area (Å²) >= 11 is 5.96. The molecule has 3 heterocycles. The fourth-order valence-corrected chi connectivity index (χ4v) is 4.79. The van der Waals surface area contributed by atoms with Gasteiger partial charge in [0, 0.05) is 24.2 Å². The van der Waals surface area contributed by atoms with Crippen LogP contribution in [0.15, 0.2) is 41.6 Å².